The first-order valence-corrected chi connectivity index (χ1v) is 12.8. The van der Waals surface area contributed by atoms with Gasteiger partial charge in [-0.25, -0.2) is 4.98 Å². The van der Waals surface area contributed by atoms with Gasteiger partial charge in [0.15, 0.2) is 0 Å². The highest BCUT2D eigenvalue weighted by molar-refractivity contribution is 5.89. The van der Waals surface area contributed by atoms with Crippen molar-refractivity contribution < 1.29 is 9.53 Å². The minimum atomic E-state index is -0.442. The van der Waals surface area contributed by atoms with Crippen molar-refractivity contribution in [2.75, 3.05) is 33.3 Å². The number of aromatic nitrogens is 2. The van der Waals surface area contributed by atoms with Gasteiger partial charge in [-0.15, -0.1) is 0 Å². The number of methoxy groups -OCH3 is 1. The Morgan fingerprint density at radius 1 is 1.14 bits per heavy atom. The summed E-state index contributed by atoms with van der Waals surface area (Å²) < 4.78 is 5.47. The number of carbonyl (C=O) groups is 1. The van der Waals surface area contributed by atoms with Crippen molar-refractivity contribution in [2.45, 2.75) is 43.6 Å². The van der Waals surface area contributed by atoms with Crippen molar-refractivity contribution in [3.8, 4) is 11.8 Å². The molecule has 1 aliphatic carbocycles. The largest absolute Gasteiger partial charge is 0.497 e. The summed E-state index contributed by atoms with van der Waals surface area (Å²) >= 11 is 0. The van der Waals surface area contributed by atoms with E-state index < -0.39 is 5.41 Å². The summed E-state index contributed by atoms with van der Waals surface area (Å²) in [6.45, 7) is 3.03. The van der Waals surface area contributed by atoms with Gasteiger partial charge in [-0.1, -0.05) is 37.1 Å². The van der Waals surface area contributed by atoms with Crippen LogP contribution in [0.5, 0.6) is 5.75 Å². The second kappa shape index (κ2) is 10.5. The van der Waals surface area contributed by atoms with E-state index in [1.54, 1.807) is 13.4 Å². The highest BCUT2D eigenvalue weighted by Gasteiger charge is 2.45. The van der Waals surface area contributed by atoms with Gasteiger partial charge in [-0.3, -0.25) is 9.69 Å². The molecular weight excluding hydrogens is 450 g/mol. The summed E-state index contributed by atoms with van der Waals surface area (Å²) in [4.78, 5) is 26.1. The zero-order valence-corrected chi connectivity index (χ0v) is 20.8. The van der Waals surface area contributed by atoms with E-state index in [1.165, 1.54) is 5.56 Å². The Kier molecular flexibility index (Phi) is 7.06. The van der Waals surface area contributed by atoms with Crippen molar-refractivity contribution >= 4 is 5.91 Å². The fourth-order valence-corrected chi connectivity index (χ4v) is 5.89. The van der Waals surface area contributed by atoms with Gasteiger partial charge in [0.1, 0.15) is 5.75 Å². The molecule has 1 aliphatic heterocycles. The van der Waals surface area contributed by atoms with E-state index in [9.17, 15) is 4.79 Å². The first-order valence-electron chi connectivity index (χ1n) is 12.8. The van der Waals surface area contributed by atoms with Crippen LogP contribution >= 0.6 is 0 Å². The Morgan fingerprint density at radius 2 is 1.89 bits per heavy atom. The maximum Gasteiger partial charge on any atom is 0.233 e. The van der Waals surface area contributed by atoms with E-state index in [2.05, 4.69) is 31.9 Å². The fourth-order valence-electron chi connectivity index (χ4n) is 5.89. The molecule has 36 heavy (non-hydrogen) atoms. The number of ether oxygens (including phenoxy) is 1. The van der Waals surface area contributed by atoms with Crippen LogP contribution in [0.4, 0.5) is 0 Å². The molecule has 2 aromatic carbocycles. The van der Waals surface area contributed by atoms with E-state index in [1.807, 2.05) is 48.7 Å². The lowest BCUT2D eigenvalue weighted by atomic mass is 9.77. The predicted octanol–water partition coefficient (Wildman–Crippen LogP) is 4.23. The first kappa shape index (κ1) is 24.1. The summed E-state index contributed by atoms with van der Waals surface area (Å²) in [6, 6.07) is 18.2. The average molecular weight is 484 g/mol. The first-order chi connectivity index (χ1) is 17.6. The van der Waals surface area contributed by atoms with Crippen LogP contribution in [0.15, 0.2) is 61.1 Å². The lowest BCUT2D eigenvalue weighted by molar-refractivity contribution is -0.139. The number of nitriles is 1. The van der Waals surface area contributed by atoms with Gasteiger partial charge in [0.25, 0.3) is 0 Å². The van der Waals surface area contributed by atoms with Crippen LogP contribution < -0.4 is 4.74 Å². The van der Waals surface area contributed by atoms with Crippen LogP contribution in [0.3, 0.4) is 0 Å². The SMILES string of the molecule is COc1cccc(C2(C(=O)N3CCN(C(Cc4ccc(C#N)cc4)c4cnc[nH]4)CC3)CCCC2)c1. The number of hydrogen-bond acceptors (Lipinski definition) is 5. The molecule has 0 spiro atoms. The Bertz CT molecular complexity index is 1200. The van der Waals surface area contributed by atoms with E-state index in [0.29, 0.717) is 18.7 Å². The number of aromatic amines is 1. The van der Waals surface area contributed by atoms with Gasteiger partial charge in [0.05, 0.1) is 42.2 Å². The molecule has 2 fully saturated rings. The molecule has 1 N–H and O–H groups in total. The number of hydrogen-bond donors (Lipinski definition) is 1. The predicted molar refractivity (Wildman–Crippen MR) is 137 cm³/mol. The minimum absolute atomic E-state index is 0.136. The van der Waals surface area contributed by atoms with Crippen molar-refractivity contribution in [1.82, 2.24) is 19.8 Å². The molecule has 1 aromatic heterocycles. The number of imidazole rings is 1. The normalized spacial score (nSPS) is 18.5. The summed E-state index contributed by atoms with van der Waals surface area (Å²) in [5.41, 5.74) is 3.56. The second-order valence-electron chi connectivity index (χ2n) is 9.88. The second-order valence-corrected chi connectivity index (χ2v) is 9.88. The third kappa shape index (κ3) is 4.74. The number of amides is 1. The summed E-state index contributed by atoms with van der Waals surface area (Å²) in [5, 5.41) is 9.12. The standard InChI is InChI=1S/C29H33N5O2/c1-36-25-6-4-5-24(18-25)29(11-2-3-12-29)28(35)34-15-13-33(14-16-34)27(26-20-31-21-32-26)17-22-7-9-23(19-30)10-8-22/h4-10,18,20-21,27H,2-3,11-17H2,1H3,(H,31,32). The lowest BCUT2D eigenvalue weighted by Crippen LogP contribution is -2.54. The van der Waals surface area contributed by atoms with Crippen molar-refractivity contribution in [1.29, 1.82) is 5.26 Å². The minimum Gasteiger partial charge on any atom is -0.497 e. The third-order valence-corrected chi connectivity index (χ3v) is 7.92. The van der Waals surface area contributed by atoms with E-state index >= 15 is 0 Å². The molecule has 1 unspecified atom stereocenters. The maximum atomic E-state index is 14.0. The molecule has 0 radical (unpaired) electrons. The molecule has 3 aromatic rings. The molecule has 1 atom stereocenters. The van der Waals surface area contributed by atoms with Gasteiger partial charge >= 0.3 is 0 Å². The van der Waals surface area contributed by atoms with Crippen LogP contribution in [0, 0.1) is 11.3 Å². The van der Waals surface area contributed by atoms with Crippen LogP contribution in [-0.2, 0) is 16.6 Å². The van der Waals surface area contributed by atoms with Crippen molar-refractivity contribution in [3.05, 3.63) is 83.4 Å². The van der Waals surface area contributed by atoms with Gasteiger partial charge in [0.2, 0.25) is 5.91 Å². The molecule has 5 rings (SSSR count). The number of rotatable bonds is 7. The van der Waals surface area contributed by atoms with Crippen molar-refractivity contribution in [2.24, 2.45) is 0 Å². The molecule has 2 heterocycles. The zero-order valence-electron chi connectivity index (χ0n) is 20.8. The van der Waals surface area contributed by atoms with Crippen LogP contribution in [0.2, 0.25) is 0 Å². The van der Waals surface area contributed by atoms with Gasteiger partial charge in [-0.2, -0.15) is 5.26 Å². The van der Waals surface area contributed by atoms with Crippen LogP contribution in [0.25, 0.3) is 0 Å². The Labute approximate surface area is 212 Å². The van der Waals surface area contributed by atoms with Gasteiger partial charge in [-0.05, 0) is 54.7 Å². The monoisotopic (exact) mass is 483 g/mol. The molecule has 1 amide bonds. The molecular formula is C29H33N5O2. The molecule has 7 heteroatoms. The van der Waals surface area contributed by atoms with E-state index in [0.717, 1.165) is 62.2 Å². The molecule has 2 aliphatic rings. The molecule has 7 nitrogen and oxygen atoms in total. The van der Waals surface area contributed by atoms with E-state index in [-0.39, 0.29) is 11.9 Å². The van der Waals surface area contributed by atoms with Crippen molar-refractivity contribution in [3.63, 3.8) is 0 Å². The fraction of sp³-hybridized carbons (Fsp3) is 0.414. The van der Waals surface area contributed by atoms with Crippen LogP contribution in [0.1, 0.15) is 54.1 Å². The molecule has 186 valence electrons. The number of benzene rings is 2. The van der Waals surface area contributed by atoms with Gasteiger partial charge in [0, 0.05) is 32.4 Å². The summed E-state index contributed by atoms with van der Waals surface area (Å²) in [5.74, 6) is 1.07. The summed E-state index contributed by atoms with van der Waals surface area (Å²) in [7, 11) is 1.68. The average Bonchev–Trinajstić information content (AvgIpc) is 3.65. The number of piperazine rings is 1. The zero-order chi connectivity index (χ0) is 25.0. The van der Waals surface area contributed by atoms with Crippen LogP contribution in [-0.4, -0.2) is 59.0 Å². The number of nitrogens with zero attached hydrogens (tertiary/aromatic N) is 4. The number of H-pyrrole nitrogens is 1. The molecule has 1 saturated heterocycles. The smallest absolute Gasteiger partial charge is 0.233 e. The Hall–Kier alpha value is -3.63. The highest BCUT2D eigenvalue weighted by Crippen LogP contribution is 2.44. The topological polar surface area (TPSA) is 85.2 Å². The molecule has 0 bridgehead atoms. The lowest BCUT2D eigenvalue weighted by Gasteiger charge is -2.42. The number of carbonyl (C=O) groups excluding carboxylic acids is 1. The third-order valence-electron chi connectivity index (χ3n) is 7.92. The molecule has 1 saturated carbocycles. The summed E-state index contributed by atoms with van der Waals surface area (Å²) in [6.07, 6.45) is 8.38. The Morgan fingerprint density at radius 3 is 2.53 bits per heavy atom. The Balaban J connectivity index is 1.31. The highest BCUT2D eigenvalue weighted by atomic mass is 16.5. The van der Waals surface area contributed by atoms with Gasteiger partial charge < -0.3 is 14.6 Å². The number of nitrogens with one attached hydrogen (secondary N) is 1. The van der Waals surface area contributed by atoms with E-state index in [4.69, 9.17) is 10.00 Å². The quantitative estimate of drug-likeness (QED) is 0.544. The maximum absolute atomic E-state index is 14.0.